The highest BCUT2D eigenvalue weighted by atomic mass is 16.6. The molecule has 0 aliphatic carbocycles. The molecule has 0 bridgehead atoms. The summed E-state index contributed by atoms with van der Waals surface area (Å²) in [7, 11) is 0. The van der Waals surface area contributed by atoms with Crippen LogP contribution in [0, 0.1) is 0 Å². The van der Waals surface area contributed by atoms with Crippen LogP contribution in [0.1, 0.15) is 55.8 Å². The van der Waals surface area contributed by atoms with Gasteiger partial charge in [-0.25, -0.2) is 9.59 Å². The number of H-pyrrole nitrogens is 1. The quantitative estimate of drug-likeness (QED) is 0.852. The van der Waals surface area contributed by atoms with Crippen molar-refractivity contribution < 1.29 is 19.4 Å². The standard InChI is InChI=1S/C12H18N4O4/c1-12(2,3)20-11(19)16-6-4-5-7(16)8-9(10(17)18)14-15-13-8/h7H,4-6H2,1-3H3,(H,17,18)(H,13,14,15)/t7-/m0/s1. The molecule has 0 aromatic carbocycles. The lowest BCUT2D eigenvalue weighted by Crippen LogP contribution is -2.36. The van der Waals surface area contributed by atoms with E-state index in [1.165, 1.54) is 4.90 Å². The van der Waals surface area contributed by atoms with E-state index in [2.05, 4.69) is 15.4 Å². The van der Waals surface area contributed by atoms with Crippen LogP contribution in [0.25, 0.3) is 0 Å². The van der Waals surface area contributed by atoms with Gasteiger partial charge in [0, 0.05) is 6.54 Å². The van der Waals surface area contributed by atoms with Crippen LogP contribution in [0.2, 0.25) is 0 Å². The number of ether oxygens (including phenoxy) is 1. The maximum atomic E-state index is 12.1. The first-order valence-electron chi connectivity index (χ1n) is 6.43. The molecule has 20 heavy (non-hydrogen) atoms. The minimum atomic E-state index is -1.16. The Bertz CT molecular complexity index is 520. The lowest BCUT2D eigenvalue weighted by Gasteiger charge is -2.27. The van der Waals surface area contributed by atoms with E-state index in [1.54, 1.807) is 20.8 Å². The van der Waals surface area contributed by atoms with Crippen LogP contribution in [0.3, 0.4) is 0 Å². The van der Waals surface area contributed by atoms with E-state index in [4.69, 9.17) is 9.84 Å². The third-order valence-corrected chi connectivity index (χ3v) is 2.97. The van der Waals surface area contributed by atoms with Gasteiger partial charge in [0.25, 0.3) is 0 Å². The number of aromatic nitrogens is 3. The second kappa shape index (κ2) is 5.10. The van der Waals surface area contributed by atoms with Gasteiger partial charge in [-0.1, -0.05) is 0 Å². The highest BCUT2D eigenvalue weighted by molar-refractivity contribution is 5.86. The SMILES string of the molecule is CC(C)(C)OC(=O)N1CCC[C@H]1c1n[nH]nc1C(=O)O. The fourth-order valence-electron chi connectivity index (χ4n) is 2.22. The summed E-state index contributed by atoms with van der Waals surface area (Å²) in [5, 5.41) is 18.9. The maximum Gasteiger partial charge on any atom is 0.410 e. The molecule has 1 aromatic rings. The molecule has 1 aliphatic heterocycles. The Hall–Kier alpha value is -2.12. The molecule has 8 heteroatoms. The van der Waals surface area contributed by atoms with Crippen LogP contribution in [0.4, 0.5) is 4.79 Å². The van der Waals surface area contributed by atoms with Crippen LogP contribution in [-0.2, 0) is 4.74 Å². The zero-order valence-electron chi connectivity index (χ0n) is 11.7. The van der Waals surface area contributed by atoms with Gasteiger partial charge in [0.15, 0.2) is 5.69 Å². The minimum Gasteiger partial charge on any atom is -0.476 e. The first kappa shape index (κ1) is 14.3. The molecule has 1 amide bonds. The Morgan fingerprint density at radius 2 is 2.10 bits per heavy atom. The fraction of sp³-hybridized carbons (Fsp3) is 0.667. The number of nitrogens with one attached hydrogen (secondary N) is 1. The van der Waals surface area contributed by atoms with Crippen molar-refractivity contribution in [2.45, 2.75) is 45.3 Å². The molecular formula is C12H18N4O4. The van der Waals surface area contributed by atoms with Gasteiger partial charge in [0.1, 0.15) is 11.3 Å². The second-order valence-electron chi connectivity index (χ2n) is 5.69. The highest BCUT2D eigenvalue weighted by Crippen LogP contribution is 2.33. The third-order valence-electron chi connectivity index (χ3n) is 2.97. The second-order valence-corrected chi connectivity index (χ2v) is 5.69. The topological polar surface area (TPSA) is 108 Å². The first-order chi connectivity index (χ1) is 9.29. The van der Waals surface area contributed by atoms with Gasteiger partial charge >= 0.3 is 12.1 Å². The summed E-state index contributed by atoms with van der Waals surface area (Å²) in [4.78, 5) is 24.7. The molecular weight excluding hydrogens is 264 g/mol. The molecule has 0 saturated carbocycles. The highest BCUT2D eigenvalue weighted by Gasteiger charge is 2.37. The van der Waals surface area contributed by atoms with E-state index in [0.29, 0.717) is 13.0 Å². The smallest absolute Gasteiger partial charge is 0.410 e. The molecule has 1 fully saturated rings. The van der Waals surface area contributed by atoms with Crippen molar-refractivity contribution >= 4 is 12.1 Å². The number of amides is 1. The maximum absolute atomic E-state index is 12.1. The fourth-order valence-corrected chi connectivity index (χ4v) is 2.22. The van der Waals surface area contributed by atoms with Gasteiger partial charge in [-0.15, -0.1) is 5.10 Å². The van der Waals surface area contributed by atoms with Crippen LogP contribution < -0.4 is 0 Å². The normalized spacial score (nSPS) is 19.1. The molecule has 0 unspecified atom stereocenters. The number of aromatic amines is 1. The number of carboxylic acids is 1. The van der Waals surface area contributed by atoms with Crippen molar-refractivity contribution in [3.63, 3.8) is 0 Å². The summed E-state index contributed by atoms with van der Waals surface area (Å²) in [5.41, 5.74) is -0.463. The Morgan fingerprint density at radius 1 is 1.40 bits per heavy atom. The number of carboxylic acid groups (broad SMARTS) is 1. The average Bonchev–Trinajstić information content (AvgIpc) is 2.95. The number of likely N-dealkylation sites (tertiary alicyclic amines) is 1. The van der Waals surface area contributed by atoms with E-state index in [9.17, 15) is 9.59 Å². The summed E-state index contributed by atoms with van der Waals surface area (Å²) in [5.74, 6) is -1.16. The lowest BCUT2D eigenvalue weighted by atomic mass is 10.1. The van der Waals surface area contributed by atoms with Crippen molar-refractivity contribution in [2.24, 2.45) is 0 Å². The van der Waals surface area contributed by atoms with Gasteiger partial charge in [-0.3, -0.25) is 4.90 Å². The molecule has 1 aromatic heterocycles. The van der Waals surface area contributed by atoms with Crippen molar-refractivity contribution in [1.29, 1.82) is 0 Å². The Balaban J connectivity index is 2.21. The summed E-state index contributed by atoms with van der Waals surface area (Å²) < 4.78 is 5.33. The van der Waals surface area contributed by atoms with E-state index in [0.717, 1.165) is 6.42 Å². The van der Waals surface area contributed by atoms with Gasteiger partial charge in [0.2, 0.25) is 0 Å². The molecule has 1 saturated heterocycles. The van der Waals surface area contributed by atoms with Crippen molar-refractivity contribution in [3.8, 4) is 0 Å². The van der Waals surface area contributed by atoms with Crippen LogP contribution in [-0.4, -0.2) is 49.6 Å². The molecule has 0 radical (unpaired) electrons. The molecule has 1 atom stereocenters. The molecule has 2 rings (SSSR count). The Kier molecular flexibility index (Phi) is 3.65. The van der Waals surface area contributed by atoms with Crippen LogP contribution in [0.5, 0.6) is 0 Å². The van der Waals surface area contributed by atoms with E-state index >= 15 is 0 Å². The van der Waals surface area contributed by atoms with Crippen molar-refractivity contribution in [2.75, 3.05) is 6.54 Å². The summed E-state index contributed by atoms with van der Waals surface area (Å²) in [6.45, 7) is 5.88. The minimum absolute atomic E-state index is 0.148. The van der Waals surface area contributed by atoms with Crippen molar-refractivity contribution in [3.05, 3.63) is 11.4 Å². The zero-order chi connectivity index (χ0) is 14.9. The van der Waals surface area contributed by atoms with Crippen LogP contribution in [0.15, 0.2) is 0 Å². The van der Waals surface area contributed by atoms with Gasteiger partial charge in [-0.05, 0) is 33.6 Å². The number of hydrogen-bond acceptors (Lipinski definition) is 5. The number of nitrogens with zero attached hydrogens (tertiary/aromatic N) is 3. The third kappa shape index (κ3) is 2.89. The van der Waals surface area contributed by atoms with Gasteiger partial charge < -0.3 is 9.84 Å². The predicted octanol–water partition coefficient (Wildman–Crippen LogP) is 1.57. The number of carbonyl (C=O) groups excluding carboxylic acids is 1. The molecule has 1 aliphatic rings. The Morgan fingerprint density at radius 3 is 2.70 bits per heavy atom. The van der Waals surface area contributed by atoms with Crippen molar-refractivity contribution in [1.82, 2.24) is 20.3 Å². The van der Waals surface area contributed by atoms with E-state index < -0.39 is 23.7 Å². The van der Waals surface area contributed by atoms with Gasteiger partial charge in [-0.2, -0.15) is 10.3 Å². The average molecular weight is 282 g/mol. The van der Waals surface area contributed by atoms with Gasteiger partial charge in [0.05, 0.1) is 6.04 Å². The monoisotopic (exact) mass is 282 g/mol. The van der Waals surface area contributed by atoms with Crippen LogP contribution >= 0.6 is 0 Å². The predicted molar refractivity (Wildman–Crippen MR) is 68.3 cm³/mol. The van der Waals surface area contributed by atoms with E-state index in [-0.39, 0.29) is 11.4 Å². The number of carbonyl (C=O) groups is 2. The molecule has 110 valence electrons. The molecule has 0 spiro atoms. The molecule has 2 heterocycles. The Labute approximate surface area is 116 Å². The summed E-state index contributed by atoms with van der Waals surface area (Å²) in [6.07, 6.45) is 0.960. The first-order valence-corrected chi connectivity index (χ1v) is 6.43. The number of rotatable bonds is 2. The zero-order valence-corrected chi connectivity index (χ0v) is 11.7. The number of aromatic carboxylic acids is 1. The largest absolute Gasteiger partial charge is 0.476 e. The van der Waals surface area contributed by atoms with E-state index in [1.807, 2.05) is 0 Å². The number of hydrogen-bond donors (Lipinski definition) is 2. The molecule has 2 N–H and O–H groups in total. The lowest BCUT2D eigenvalue weighted by molar-refractivity contribution is 0.0219. The summed E-state index contributed by atoms with van der Waals surface area (Å²) in [6, 6.07) is -0.408. The molecule has 8 nitrogen and oxygen atoms in total. The summed E-state index contributed by atoms with van der Waals surface area (Å²) >= 11 is 0.